The van der Waals surface area contributed by atoms with E-state index in [4.69, 9.17) is 4.98 Å². The van der Waals surface area contributed by atoms with Crippen LogP contribution < -0.4 is 10.6 Å². The molecule has 34 heavy (non-hydrogen) atoms. The molecule has 2 aromatic heterocycles. The lowest BCUT2D eigenvalue weighted by molar-refractivity contribution is -0.117. The molecule has 1 saturated carbocycles. The number of benzene rings is 1. The summed E-state index contributed by atoms with van der Waals surface area (Å²) in [5, 5.41) is 18.6. The maximum Gasteiger partial charge on any atom is 0.233 e. The highest BCUT2D eigenvalue weighted by atomic mass is 32.1. The van der Waals surface area contributed by atoms with Gasteiger partial charge in [-0.3, -0.25) is 9.78 Å². The zero-order valence-electron chi connectivity index (χ0n) is 19.1. The standard InChI is InChI=1S/C27H30N4O2S/c32-25(18-2-1-13-28-15-18)22-11-9-20(29-22)14-16-3-7-19(8-4-16)30-26(33)21-10-12-23-24(21)31-27(34-23)17-5-6-17/h1-4,7-8,13,15,17,20-22,25,29,32H,5-6,9-12,14H2,(H,30,33)/t20-,21+,22+,25+/m0/s1. The SMILES string of the molecule is O=C(Nc1ccc(C[C@@H]2CC[C@H]([C@H](O)c3cccnc3)N2)cc1)[C@@H]1CCc2sc(C3CC3)nc21. The van der Waals surface area contributed by atoms with Crippen LogP contribution in [0.25, 0.3) is 0 Å². The van der Waals surface area contributed by atoms with Crippen molar-refractivity contribution in [1.82, 2.24) is 15.3 Å². The number of hydrogen-bond donors (Lipinski definition) is 3. The predicted octanol–water partition coefficient (Wildman–Crippen LogP) is 4.48. The van der Waals surface area contributed by atoms with E-state index in [1.807, 2.05) is 35.6 Å². The van der Waals surface area contributed by atoms with Crippen LogP contribution in [0.15, 0.2) is 48.8 Å². The molecule has 176 valence electrons. The topological polar surface area (TPSA) is 87.1 Å². The summed E-state index contributed by atoms with van der Waals surface area (Å²) in [6, 6.07) is 12.3. The number of carbonyl (C=O) groups excluding carboxylic acids is 1. The van der Waals surface area contributed by atoms with Crippen molar-refractivity contribution in [3.8, 4) is 0 Å². The highest BCUT2D eigenvalue weighted by Crippen LogP contribution is 2.46. The molecular weight excluding hydrogens is 444 g/mol. The molecule has 0 radical (unpaired) electrons. The Bertz CT molecular complexity index is 1160. The normalized spacial score (nSPS) is 24.7. The van der Waals surface area contributed by atoms with Crippen LogP contribution in [0.1, 0.15) is 76.7 Å². The number of nitrogens with one attached hydrogen (secondary N) is 2. The van der Waals surface area contributed by atoms with Gasteiger partial charge >= 0.3 is 0 Å². The highest BCUT2D eigenvalue weighted by molar-refractivity contribution is 7.12. The molecule has 1 amide bonds. The molecule has 3 aliphatic rings. The first kappa shape index (κ1) is 21.9. The molecule has 0 bridgehead atoms. The Morgan fingerprint density at radius 3 is 2.76 bits per heavy atom. The molecule has 7 heteroatoms. The van der Waals surface area contributed by atoms with Gasteiger partial charge in [-0.1, -0.05) is 18.2 Å². The van der Waals surface area contributed by atoms with Gasteiger partial charge < -0.3 is 15.7 Å². The quantitative estimate of drug-likeness (QED) is 0.470. The number of thiazole rings is 1. The number of carbonyl (C=O) groups is 1. The number of hydrogen-bond acceptors (Lipinski definition) is 6. The monoisotopic (exact) mass is 474 g/mol. The molecule has 3 aromatic rings. The van der Waals surface area contributed by atoms with Crippen LogP contribution in [-0.4, -0.2) is 33.1 Å². The van der Waals surface area contributed by atoms with Crippen LogP contribution in [0.3, 0.4) is 0 Å². The Kier molecular flexibility index (Phi) is 5.93. The third kappa shape index (κ3) is 4.52. The van der Waals surface area contributed by atoms with E-state index in [0.29, 0.717) is 12.0 Å². The second kappa shape index (κ2) is 9.21. The van der Waals surface area contributed by atoms with Gasteiger partial charge in [0.1, 0.15) is 0 Å². The summed E-state index contributed by atoms with van der Waals surface area (Å²) in [5.74, 6) is 0.586. The third-order valence-electron chi connectivity index (χ3n) is 7.36. The Hall–Kier alpha value is -2.61. The predicted molar refractivity (Wildman–Crippen MR) is 133 cm³/mol. The van der Waals surface area contributed by atoms with Crippen LogP contribution in [0.2, 0.25) is 0 Å². The lowest BCUT2D eigenvalue weighted by Gasteiger charge is -2.20. The molecule has 2 aliphatic carbocycles. The first-order valence-electron chi connectivity index (χ1n) is 12.4. The molecule has 0 unspecified atom stereocenters. The van der Waals surface area contributed by atoms with Crippen molar-refractivity contribution < 1.29 is 9.90 Å². The second-order valence-electron chi connectivity index (χ2n) is 9.89. The average Bonchev–Trinajstić information content (AvgIpc) is 3.26. The van der Waals surface area contributed by atoms with Crippen LogP contribution in [-0.2, 0) is 17.6 Å². The Balaban J connectivity index is 1.03. The minimum absolute atomic E-state index is 0.0511. The van der Waals surface area contributed by atoms with Crippen LogP contribution in [0.4, 0.5) is 5.69 Å². The molecule has 0 spiro atoms. The summed E-state index contributed by atoms with van der Waals surface area (Å²) in [6.45, 7) is 0. The average molecular weight is 475 g/mol. The minimum atomic E-state index is -0.537. The summed E-state index contributed by atoms with van der Waals surface area (Å²) in [7, 11) is 0. The van der Waals surface area contributed by atoms with E-state index in [1.54, 1.807) is 12.4 Å². The third-order valence-corrected chi connectivity index (χ3v) is 8.66. The molecule has 3 N–H and O–H groups in total. The number of nitrogens with zero attached hydrogens (tertiary/aromatic N) is 2. The molecule has 1 saturated heterocycles. The summed E-state index contributed by atoms with van der Waals surface area (Å²) in [6.07, 6.45) is 10.1. The van der Waals surface area contributed by atoms with E-state index in [9.17, 15) is 9.90 Å². The number of rotatable bonds is 7. The smallest absolute Gasteiger partial charge is 0.233 e. The number of fused-ring (bicyclic) bond motifs is 1. The van der Waals surface area contributed by atoms with Crippen LogP contribution in [0.5, 0.6) is 0 Å². The van der Waals surface area contributed by atoms with Crippen molar-refractivity contribution in [1.29, 1.82) is 0 Å². The van der Waals surface area contributed by atoms with E-state index in [2.05, 4.69) is 27.8 Å². The zero-order valence-corrected chi connectivity index (χ0v) is 19.9. The van der Waals surface area contributed by atoms with Crippen molar-refractivity contribution >= 4 is 22.9 Å². The molecule has 1 aliphatic heterocycles. The van der Waals surface area contributed by atoms with E-state index >= 15 is 0 Å². The van der Waals surface area contributed by atoms with Gasteiger partial charge in [0.15, 0.2) is 0 Å². The Morgan fingerprint density at radius 2 is 2.00 bits per heavy atom. The molecule has 1 aromatic carbocycles. The Labute approximate surface area is 203 Å². The lowest BCUT2D eigenvalue weighted by atomic mass is 10.0. The van der Waals surface area contributed by atoms with E-state index in [-0.39, 0.29) is 17.9 Å². The van der Waals surface area contributed by atoms with Crippen molar-refractivity contribution in [2.45, 2.75) is 75.0 Å². The van der Waals surface area contributed by atoms with Crippen LogP contribution >= 0.6 is 11.3 Å². The van der Waals surface area contributed by atoms with Gasteiger partial charge in [-0.05, 0) is 68.7 Å². The molecule has 4 atom stereocenters. The number of aryl methyl sites for hydroxylation is 1. The van der Waals surface area contributed by atoms with Gasteiger partial charge in [-0.15, -0.1) is 11.3 Å². The van der Waals surface area contributed by atoms with Crippen molar-refractivity contribution in [3.05, 3.63) is 75.5 Å². The minimum Gasteiger partial charge on any atom is -0.387 e. The molecule has 3 heterocycles. The summed E-state index contributed by atoms with van der Waals surface area (Å²) < 4.78 is 0. The maximum atomic E-state index is 13.0. The van der Waals surface area contributed by atoms with Crippen molar-refractivity contribution in [2.24, 2.45) is 0 Å². The van der Waals surface area contributed by atoms with Gasteiger partial charge in [0.05, 0.1) is 22.7 Å². The largest absolute Gasteiger partial charge is 0.387 e. The van der Waals surface area contributed by atoms with Crippen molar-refractivity contribution in [3.63, 3.8) is 0 Å². The maximum absolute atomic E-state index is 13.0. The second-order valence-corrected chi connectivity index (χ2v) is 11.0. The van der Waals surface area contributed by atoms with E-state index in [1.165, 1.54) is 28.3 Å². The fourth-order valence-electron chi connectivity index (χ4n) is 5.29. The summed E-state index contributed by atoms with van der Waals surface area (Å²) in [5.41, 5.74) is 3.95. The number of anilines is 1. The highest BCUT2D eigenvalue weighted by Gasteiger charge is 2.36. The molecular formula is C27H30N4O2S. The molecule has 6 nitrogen and oxygen atoms in total. The first-order chi connectivity index (χ1) is 16.6. The van der Waals surface area contributed by atoms with Gasteiger partial charge in [-0.2, -0.15) is 0 Å². The number of aliphatic hydroxyl groups excluding tert-OH is 1. The number of amides is 1. The van der Waals surface area contributed by atoms with Gasteiger partial charge in [0.25, 0.3) is 0 Å². The molecule has 6 rings (SSSR count). The molecule has 2 fully saturated rings. The Morgan fingerprint density at radius 1 is 1.15 bits per heavy atom. The zero-order chi connectivity index (χ0) is 23.1. The van der Waals surface area contributed by atoms with Crippen LogP contribution in [0, 0.1) is 0 Å². The van der Waals surface area contributed by atoms with Crippen molar-refractivity contribution in [2.75, 3.05) is 5.32 Å². The van der Waals surface area contributed by atoms with E-state index in [0.717, 1.165) is 49.0 Å². The summed E-state index contributed by atoms with van der Waals surface area (Å²) >= 11 is 1.82. The fourth-order valence-corrected chi connectivity index (χ4v) is 6.60. The fraction of sp³-hybridized carbons (Fsp3) is 0.444. The number of aliphatic hydroxyl groups is 1. The van der Waals surface area contributed by atoms with Gasteiger partial charge in [0, 0.05) is 46.5 Å². The van der Waals surface area contributed by atoms with Gasteiger partial charge in [-0.25, -0.2) is 4.98 Å². The van der Waals surface area contributed by atoms with E-state index < -0.39 is 6.10 Å². The first-order valence-corrected chi connectivity index (χ1v) is 13.2. The lowest BCUT2D eigenvalue weighted by Crippen LogP contribution is -2.35. The van der Waals surface area contributed by atoms with Gasteiger partial charge in [0.2, 0.25) is 5.91 Å². The number of pyridine rings is 1. The number of aromatic nitrogens is 2. The summed E-state index contributed by atoms with van der Waals surface area (Å²) in [4.78, 5) is 23.2.